The number of para-hydroxylation sites is 1. The number of alkyl halides is 3. The van der Waals surface area contributed by atoms with Gasteiger partial charge in [-0.05, 0) is 54.5 Å². The predicted octanol–water partition coefficient (Wildman–Crippen LogP) is 5.72. The normalized spacial score (nSPS) is 15.1. The summed E-state index contributed by atoms with van der Waals surface area (Å²) >= 11 is 6.75. The maximum absolute atomic E-state index is 14.4. The van der Waals surface area contributed by atoms with E-state index in [-0.39, 0.29) is 33.9 Å². The molecule has 0 unspecified atom stereocenters. The van der Waals surface area contributed by atoms with Crippen molar-refractivity contribution in [2.45, 2.75) is 25.7 Å². The van der Waals surface area contributed by atoms with E-state index in [1.54, 1.807) is 30.3 Å². The fraction of sp³-hybridized carbons (Fsp3) is 0.194. The summed E-state index contributed by atoms with van der Waals surface area (Å²) in [6, 6.07) is 14.9. The number of thiazole rings is 1. The molecule has 4 aromatic rings. The second-order valence-electron chi connectivity index (χ2n) is 9.41. The first-order chi connectivity index (χ1) is 21.0. The third kappa shape index (κ3) is 6.27. The van der Waals surface area contributed by atoms with Crippen molar-refractivity contribution in [3.63, 3.8) is 0 Å². The zero-order chi connectivity index (χ0) is 31.6. The van der Waals surface area contributed by atoms with Crippen molar-refractivity contribution >= 4 is 35.0 Å². The van der Waals surface area contributed by atoms with Crippen LogP contribution in [-0.4, -0.2) is 30.4 Å². The minimum atomic E-state index is -5.03. The van der Waals surface area contributed by atoms with Gasteiger partial charge in [0.2, 0.25) is 0 Å². The Kier molecular flexibility index (Phi) is 8.93. The molecule has 7 nitrogen and oxygen atoms in total. The molecule has 0 spiro atoms. The standard InChI is InChI=1S/C31H23ClF4N2O5S/c1-3-42-29(40)24-25(18-9-11-20(32)12-10-18)38-28(39)23(44-30(38)37-27(24)31(34,35)36)15-19-5-4-6-22(41-2)26(19)43-16-17-7-13-21(33)14-8-17/h4-15,25H,3,16H2,1-2H3/b23-15-/t25-/m1/s1. The summed E-state index contributed by atoms with van der Waals surface area (Å²) in [4.78, 5) is 30.4. The molecule has 13 heteroatoms. The smallest absolute Gasteiger partial charge is 0.434 e. The van der Waals surface area contributed by atoms with Gasteiger partial charge in [-0.3, -0.25) is 9.36 Å². The monoisotopic (exact) mass is 646 g/mol. The van der Waals surface area contributed by atoms with E-state index in [1.165, 1.54) is 56.5 Å². The van der Waals surface area contributed by atoms with Crippen LogP contribution in [0.5, 0.6) is 11.5 Å². The highest BCUT2D eigenvalue weighted by molar-refractivity contribution is 7.07. The molecular formula is C31H23ClF4N2O5S. The zero-order valence-corrected chi connectivity index (χ0v) is 24.7. The van der Waals surface area contributed by atoms with Gasteiger partial charge in [0.05, 0.1) is 29.9 Å². The molecule has 1 aromatic heterocycles. The molecule has 0 saturated carbocycles. The van der Waals surface area contributed by atoms with Crippen molar-refractivity contribution in [1.82, 2.24) is 4.57 Å². The zero-order valence-electron chi connectivity index (χ0n) is 23.2. The van der Waals surface area contributed by atoms with Gasteiger partial charge in [-0.25, -0.2) is 14.2 Å². The first-order valence-electron chi connectivity index (χ1n) is 13.1. The summed E-state index contributed by atoms with van der Waals surface area (Å²) in [5.41, 5.74) is -1.70. The number of benzene rings is 3. The third-order valence-electron chi connectivity index (χ3n) is 6.59. The van der Waals surface area contributed by atoms with E-state index in [2.05, 4.69) is 4.99 Å². The SMILES string of the molecule is CCOC(=O)C1=C(C(F)(F)F)N=c2s/c(=C\c3cccc(OC)c3OCc3ccc(F)cc3)c(=O)n2[C@@H]1c1ccc(Cl)cc1. The van der Waals surface area contributed by atoms with Gasteiger partial charge >= 0.3 is 12.1 Å². The number of esters is 1. The summed E-state index contributed by atoms with van der Waals surface area (Å²) in [6.07, 6.45) is -3.58. The second-order valence-corrected chi connectivity index (χ2v) is 10.9. The van der Waals surface area contributed by atoms with Gasteiger partial charge in [-0.2, -0.15) is 13.2 Å². The van der Waals surface area contributed by atoms with Crippen LogP contribution in [0.3, 0.4) is 0 Å². The Morgan fingerprint density at radius 1 is 1.09 bits per heavy atom. The van der Waals surface area contributed by atoms with Crippen LogP contribution in [0.25, 0.3) is 6.08 Å². The van der Waals surface area contributed by atoms with Gasteiger partial charge in [0, 0.05) is 10.6 Å². The van der Waals surface area contributed by atoms with E-state index in [4.69, 9.17) is 25.8 Å². The van der Waals surface area contributed by atoms with Crippen LogP contribution in [0.15, 0.2) is 87.8 Å². The molecule has 0 aliphatic carbocycles. The lowest BCUT2D eigenvalue weighted by Gasteiger charge is -2.26. The van der Waals surface area contributed by atoms with Gasteiger partial charge < -0.3 is 14.2 Å². The molecular weight excluding hydrogens is 624 g/mol. The summed E-state index contributed by atoms with van der Waals surface area (Å²) < 4.78 is 73.9. The molecule has 0 bridgehead atoms. The highest BCUT2D eigenvalue weighted by Gasteiger charge is 2.45. The maximum Gasteiger partial charge on any atom is 0.434 e. The van der Waals surface area contributed by atoms with Gasteiger partial charge in [-0.1, -0.05) is 59.3 Å². The molecule has 1 aliphatic rings. The van der Waals surface area contributed by atoms with Crippen molar-refractivity contribution in [1.29, 1.82) is 0 Å². The Bertz CT molecular complexity index is 1920. The molecule has 0 saturated heterocycles. The fourth-order valence-electron chi connectivity index (χ4n) is 4.64. The highest BCUT2D eigenvalue weighted by Crippen LogP contribution is 2.38. The van der Waals surface area contributed by atoms with Crippen molar-refractivity contribution in [3.05, 3.63) is 125 Å². The van der Waals surface area contributed by atoms with Gasteiger partial charge in [0.25, 0.3) is 5.56 Å². The van der Waals surface area contributed by atoms with E-state index >= 15 is 0 Å². The Morgan fingerprint density at radius 3 is 2.43 bits per heavy atom. The molecule has 1 atom stereocenters. The number of methoxy groups -OCH3 is 1. The van der Waals surface area contributed by atoms with E-state index in [1.807, 2.05) is 0 Å². The Labute approximate surface area is 256 Å². The molecule has 5 rings (SSSR count). The number of hydrogen-bond acceptors (Lipinski definition) is 7. The first kappa shape index (κ1) is 31.0. The number of carbonyl (C=O) groups excluding carboxylic acids is 1. The number of allylic oxidation sites excluding steroid dienone is 1. The van der Waals surface area contributed by atoms with Crippen molar-refractivity contribution in [2.75, 3.05) is 13.7 Å². The average molecular weight is 647 g/mol. The van der Waals surface area contributed by atoms with Crippen LogP contribution in [0.1, 0.15) is 29.7 Å². The lowest BCUT2D eigenvalue weighted by atomic mass is 9.95. The Balaban J connectivity index is 1.70. The summed E-state index contributed by atoms with van der Waals surface area (Å²) in [7, 11) is 1.43. The van der Waals surface area contributed by atoms with Gasteiger partial charge in [0.1, 0.15) is 12.4 Å². The fourth-order valence-corrected chi connectivity index (χ4v) is 5.76. The van der Waals surface area contributed by atoms with Crippen LogP contribution in [0.4, 0.5) is 17.6 Å². The van der Waals surface area contributed by atoms with Gasteiger partial charge in [0.15, 0.2) is 22.0 Å². The minimum Gasteiger partial charge on any atom is -0.493 e. The summed E-state index contributed by atoms with van der Waals surface area (Å²) in [5.74, 6) is -1.07. The molecule has 3 aromatic carbocycles. The molecule has 44 heavy (non-hydrogen) atoms. The molecule has 0 N–H and O–H groups in total. The molecule has 0 fully saturated rings. The van der Waals surface area contributed by atoms with Crippen LogP contribution < -0.4 is 24.4 Å². The summed E-state index contributed by atoms with van der Waals surface area (Å²) in [6.45, 7) is 1.31. The largest absolute Gasteiger partial charge is 0.493 e. The van der Waals surface area contributed by atoms with E-state index in [0.717, 1.165) is 15.9 Å². The third-order valence-corrected chi connectivity index (χ3v) is 7.83. The molecule has 1 aliphatic heterocycles. The number of rotatable bonds is 8. The number of halogens is 5. The van der Waals surface area contributed by atoms with Crippen LogP contribution >= 0.6 is 22.9 Å². The predicted molar refractivity (Wildman–Crippen MR) is 156 cm³/mol. The topological polar surface area (TPSA) is 79.1 Å². The van der Waals surface area contributed by atoms with Crippen molar-refractivity contribution in [2.24, 2.45) is 4.99 Å². The lowest BCUT2D eigenvalue weighted by molar-refractivity contribution is -0.140. The number of ether oxygens (including phenoxy) is 3. The molecule has 2 heterocycles. The van der Waals surface area contributed by atoms with Gasteiger partial charge in [-0.15, -0.1) is 0 Å². The average Bonchev–Trinajstić information content (AvgIpc) is 3.30. The number of hydrogen-bond donors (Lipinski definition) is 0. The van der Waals surface area contributed by atoms with Crippen LogP contribution in [0.2, 0.25) is 5.02 Å². The number of aromatic nitrogens is 1. The molecule has 0 radical (unpaired) electrons. The van der Waals surface area contributed by atoms with Crippen molar-refractivity contribution < 1.29 is 36.6 Å². The Hall–Kier alpha value is -4.42. The number of fused-ring (bicyclic) bond motifs is 1. The van der Waals surface area contributed by atoms with E-state index in [9.17, 15) is 27.2 Å². The maximum atomic E-state index is 14.4. The van der Waals surface area contributed by atoms with E-state index in [0.29, 0.717) is 21.9 Å². The first-order valence-corrected chi connectivity index (χ1v) is 14.3. The summed E-state index contributed by atoms with van der Waals surface area (Å²) in [5, 5.41) is 0.310. The lowest BCUT2D eigenvalue weighted by Crippen LogP contribution is -2.41. The Morgan fingerprint density at radius 2 is 1.80 bits per heavy atom. The molecule has 228 valence electrons. The molecule has 0 amide bonds. The minimum absolute atomic E-state index is 0.0224. The van der Waals surface area contributed by atoms with Crippen molar-refractivity contribution in [3.8, 4) is 11.5 Å². The second kappa shape index (κ2) is 12.7. The highest BCUT2D eigenvalue weighted by atomic mass is 35.5. The van der Waals surface area contributed by atoms with E-state index < -0.39 is 40.8 Å². The van der Waals surface area contributed by atoms with Crippen LogP contribution in [0, 0.1) is 5.82 Å². The number of carbonyl (C=O) groups is 1. The quantitative estimate of drug-likeness (QED) is 0.181. The number of nitrogens with zero attached hydrogens (tertiary/aromatic N) is 2. The van der Waals surface area contributed by atoms with Crippen LogP contribution in [-0.2, 0) is 16.1 Å².